The van der Waals surface area contributed by atoms with Crippen LogP contribution in [0.25, 0.3) is 5.65 Å². The van der Waals surface area contributed by atoms with Crippen LogP contribution in [0.15, 0.2) is 22.8 Å². The van der Waals surface area contributed by atoms with Crippen LogP contribution in [0.4, 0.5) is 5.95 Å². The first-order chi connectivity index (χ1) is 7.52. The highest BCUT2D eigenvalue weighted by Gasteiger charge is 2.16. The summed E-state index contributed by atoms with van der Waals surface area (Å²) < 4.78 is 2.59. The number of pyridine rings is 1. The van der Waals surface area contributed by atoms with Crippen LogP contribution in [-0.4, -0.2) is 20.1 Å². The van der Waals surface area contributed by atoms with Gasteiger partial charge in [0.05, 0.1) is 10.0 Å². The van der Waals surface area contributed by atoms with Gasteiger partial charge in [-0.25, -0.2) is 4.52 Å². The van der Waals surface area contributed by atoms with Crippen molar-refractivity contribution in [2.75, 3.05) is 5.32 Å². The molecule has 16 heavy (non-hydrogen) atoms. The van der Waals surface area contributed by atoms with E-state index in [0.717, 1.165) is 10.1 Å². The predicted molar refractivity (Wildman–Crippen MR) is 67.2 cm³/mol. The molecule has 1 N–H and O–H groups in total. The van der Waals surface area contributed by atoms with E-state index in [1.807, 2.05) is 32.2 Å². The van der Waals surface area contributed by atoms with Crippen molar-refractivity contribution >= 4 is 27.5 Å². The second-order valence-corrected chi connectivity index (χ2v) is 4.81. The molecule has 0 fully saturated rings. The molecular formula is C11H11BrN4. The van der Waals surface area contributed by atoms with Crippen LogP contribution in [0.5, 0.6) is 0 Å². The van der Waals surface area contributed by atoms with E-state index in [2.05, 4.69) is 37.2 Å². The maximum atomic E-state index is 5.39. The van der Waals surface area contributed by atoms with E-state index in [1.165, 1.54) is 0 Å². The Bertz CT molecular complexity index is 565. The maximum Gasteiger partial charge on any atom is 0.244 e. The Morgan fingerprint density at radius 1 is 1.56 bits per heavy atom. The van der Waals surface area contributed by atoms with Gasteiger partial charge >= 0.3 is 0 Å². The van der Waals surface area contributed by atoms with Gasteiger partial charge < -0.3 is 5.32 Å². The number of anilines is 1. The number of halogens is 1. The molecule has 0 spiro atoms. The third kappa shape index (κ3) is 2.02. The Kier molecular flexibility index (Phi) is 2.60. The Labute approximate surface area is 102 Å². The molecule has 0 aromatic carbocycles. The SMILES string of the molecule is C#CC(C)(C)Nc1nc2c(Br)cccn2n1. The van der Waals surface area contributed by atoms with Gasteiger partial charge in [0, 0.05) is 6.20 Å². The predicted octanol–water partition coefficient (Wildman–Crippen LogP) is 2.32. The molecule has 0 amide bonds. The van der Waals surface area contributed by atoms with E-state index in [0.29, 0.717) is 5.95 Å². The molecule has 4 nitrogen and oxygen atoms in total. The van der Waals surface area contributed by atoms with Crippen LogP contribution in [0.1, 0.15) is 13.8 Å². The molecule has 5 heteroatoms. The minimum Gasteiger partial charge on any atom is -0.337 e. The van der Waals surface area contributed by atoms with Gasteiger partial charge in [-0.2, -0.15) is 4.98 Å². The van der Waals surface area contributed by atoms with Gasteiger partial charge in [0.15, 0.2) is 5.65 Å². The fourth-order valence-corrected chi connectivity index (χ4v) is 1.67. The van der Waals surface area contributed by atoms with Gasteiger partial charge in [-0.3, -0.25) is 0 Å². The van der Waals surface area contributed by atoms with E-state index >= 15 is 0 Å². The monoisotopic (exact) mass is 278 g/mol. The van der Waals surface area contributed by atoms with E-state index < -0.39 is 5.54 Å². The van der Waals surface area contributed by atoms with Gasteiger partial charge in [0.1, 0.15) is 0 Å². The van der Waals surface area contributed by atoms with Crippen molar-refractivity contribution in [2.24, 2.45) is 0 Å². The average molecular weight is 279 g/mol. The number of rotatable bonds is 2. The van der Waals surface area contributed by atoms with Gasteiger partial charge in [0.2, 0.25) is 5.95 Å². The Morgan fingerprint density at radius 2 is 2.31 bits per heavy atom. The summed E-state index contributed by atoms with van der Waals surface area (Å²) in [5.74, 6) is 3.16. The van der Waals surface area contributed by atoms with Gasteiger partial charge in [-0.15, -0.1) is 11.5 Å². The number of hydrogen-bond donors (Lipinski definition) is 1. The molecular weight excluding hydrogens is 268 g/mol. The van der Waals surface area contributed by atoms with E-state index in [4.69, 9.17) is 6.42 Å². The average Bonchev–Trinajstić information content (AvgIpc) is 2.61. The summed E-state index contributed by atoms with van der Waals surface area (Å²) in [6.45, 7) is 3.79. The van der Waals surface area contributed by atoms with Crippen LogP contribution in [0.2, 0.25) is 0 Å². The summed E-state index contributed by atoms with van der Waals surface area (Å²) in [7, 11) is 0. The number of nitrogens with one attached hydrogen (secondary N) is 1. The summed E-state index contributed by atoms with van der Waals surface area (Å²) >= 11 is 3.42. The normalized spacial score (nSPS) is 11.4. The molecule has 0 saturated heterocycles. The second kappa shape index (κ2) is 3.80. The Morgan fingerprint density at radius 3 is 2.94 bits per heavy atom. The molecule has 0 aliphatic rings. The molecule has 0 aliphatic carbocycles. The minimum absolute atomic E-state index is 0.461. The largest absolute Gasteiger partial charge is 0.337 e. The van der Waals surface area contributed by atoms with Crippen molar-refractivity contribution in [2.45, 2.75) is 19.4 Å². The third-order valence-electron chi connectivity index (χ3n) is 2.10. The Hall–Kier alpha value is -1.54. The molecule has 82 valence electrons. The molecule has 0 bridgehead atoms. The van der Waals surface area contributed by atoms with Crippen molar-refractivity contribution in [3.05, 3.63) is 22.8 Å². The summed E-state index contributed by atoms with van der Waals surface area (Å²) in [5.41, 5.74) is 0.301. The van der Waals surface area contributed by atoms with Crippen LogP contribution < -0.4 is 5.32 Å². The first-order valence-corrected chi connectivity index (χ1v) is 5.58. The minimum atomic E-state index is -0.461. The molecule has 0 unspecified atom stereocenters. The standard InChI is InChI=1S/C11H11BrN4/c1-4-11(2,3)14-10-13-9-8(12)6-5-7-16(9)15-10/h1,5-7H,2-3H3,(H,14,15). The van der Waals surface area contributed by atoms with Crippen LogP contribution in [-0.2, 0) is 0 Å². The first-order valence-electron chi connectivity index (χ1n) is 4.79. The molecule has 2 rings (SSSR count). The maximum absolute atomic E-state index is 5.39. The summed E-state index contributed by atoms with van der Waals surface area (Å²) in [5, 5.41) is 7.36. The highest BCUT2D eigenvalue weighted by molar-refractivity contribution is 9.10. The van der Waals surface area contributed by atoms with Crippen molar-refractivity contribution in [1.29, 1.82) is 0 Å². The zero-order valence-corrected chi connectivity index (χ0v) is 10.6. The molecule has 2 aromatic rings. The van der Waals surface area contributed by atoms with Crippen molar-refractivity contribution in [3.63, 3.8) is 0 Å². The lowest BCUT2D eigenvalue weighted by Gasteiger charge is -2.17. The number of fused-ring (bicyclic) bond motifs is 1. The van der Waals surface area contributed by atoms with Crippen molar-refractivity contribution in [1.82, 2.24) is 14.6 Å². The third-order valence-corrected chi connectivity index (χ3v) is 2.72. The first kappa shape index (κ1) is 11.0. The number of aromatic nitrogens is 3. The number of terminal acetylenes is 1. The lowest BCUT2D eigenvalue weighted by molar-refractivity contribution is 0.728. The topological polar surface area (TPSA) is 42.2 Å². The highest BCUT2D eigenvalue weighted by Crippen LogP contribution is 2.18. The van der Waals surface area contributed by atoms with Crippen LogP contribution in [0, 0.1) is 12.3 Å². The second-order valence-electron chi connectivity index (χ2n) is 3.95. The zero-order chi connectivity index (χ0) is 11.8. The van der Waals surface area contributed by atoms with Gasteiger partial charge in [-0.1, -0.05) is 5.92 Å². The smallest absolute Gasteiger partial charge is 0.244 e. The summed E-state index contributed by atoms with van der Waals surface area (Å²) in [4.78, 5) is 4.34. The fourth-order valence-electron chi connectivity index (χ4n) is 1.24. The van der Waals surface area contributed by atoms with Gasteiger partial charge in [0.25, 0.3) is 0 Å². The van der Waals surface area contributed by atoms with E-state index in [1.54, 1.807) is 4.52 Å². The van der Waals surface area contributed by atoms with Gasteiger partial charge in [-0.05, 0) is 41.9 Å². The highest BCUT2D eigenvalue weighted by atomic mass is 79.9. The van der Waals surface area contributed by atoms with Crippen LogP contribution in [0.3, 0.4) is 0 Å². The molecule has 0 atom stereocenters. The van der Waals surface area contributed by atoms with Crippen molar-refractivity contribution in [3.8, 4) is 12.3 Å². The molecule has 0 radical (unpaired) electrons. The molecule has 2 aromatic heterocycles. The molecule has 0 saturated carbocycles. The quantitative estimate of drug-likeness (QED) is 0.858. The molecule has 2 heterocycles. The van der Waals surface area contributed by atoms with Crippen LogP contribution >= 0.6 is 15.9 Å². The number of nitrogens with zero attached hydrogens (tertiary/aromatic N) is 3. The fraction of sp³-hybridized carbons (Fsp3) is 0.273. The van der Waals surface area contributed by atoms with Crippen molar-refractivity contribution < 1.29 is 0 Å². The Balaban J connectivity index is 2.42. The zero-order valence-electron chi connectivity index (χ0n) is 9.03. The number of hydrogen-bond acceptors (Lipinski definition) is 3. The summed E-state index contributed by atoms with van der Waals surface area (Å²) in [6, 6.07) is 3.81. The summed E-state index contributed by atoms with van der Waals surface area (Å²) in [6.07, 6.45) is 7.23. The lowest BCUT2D eigenvalue weighted by atomic mass is 10.1. The van der Waals surface area contributed by atoms with E-state index in [-0.39, 0.29) is 0 Å². The molecule has 0 aliphatic heterocycles. The van der Waals surface area contributed by atoms with E-state index in [9.17, 15) is 0 Å². The lowest BCUT2D eigenvalue weighted by Crippen LogP contribution is -2.29.